The van der Waals surface area contributed by atoms with E-state index in [4.69, 9.17) is 0 Å². The van der Waals surface area contributed by atoms with Crippen molar-refractivity contribution in [2.75, 3.05) is 31.5 Å². The highest BCUT2D eigenvalue weighted by Crippen LogP contribution is 2.18. The first-order valence-electron chi connectivity index (χ1n) is 6.73. The third kappa shape index (κ3) is 5.14. The highest BCUT2D eigenvalue weighted by Gasteiger charge is 2.19. The van der Waals surface area contributed by atoms with Crippen LogP contribution < -0.4 is 10.6 Å². The van der Waals surface area contributed by atoms with Crippen LogP contribution in [-0.2, 0) is 11.8 Å². The molecular weight excluding hydrogens is 313 g/mol. The smallest absolute Gasteiger partial charge is 0.238 e. The molecule has 0 aliphatic carbocycles. The van der Waals surface area contributed by atoms with Gasteiger partial charge in [0.2, 0.25) is 5.91 Å². The summed E-state index contributed by atoms with van der Waals surface area (Å²) in [4.78, 5) is 14.3. The summed E-state index contributed by atoms with van der Waals surface area (Å²) < 4.78 is 1.79. The second kappa shape index (κ2) is 8.58. The van der Waals surface area contributed by atoms with Gasteiger partial charge in [0.15, 0.2) is 0 Å². The average Bonchev–Trinajstić information content (AvgIpc) is 2.56. The zero-order chi connectivity index (χ0) is 14.0. The fraction of sp³-hybridized carbons (Fsp3) is 0.692. The number of aromatic nitrogens is 2. The van der Waals surface area contributed by atoms with E-state index in [1.54, 1.807) is 4.68 Å². The summed E-state index contributed by atoms with van der Waals surface area (Å²) in [5.41, 5.74) is 2.69. The van der Waals surface area contributed by atoms with Crippen molar-refractivity contribution >= 4 is 36.4 Å². The number of carbonyl (C=O) groups is 1. The van der Waals surface area contributed by atoms with Gasteiger partial charge >= 0.3 is 0 Å². The number of aryl methyl sites for hydroxylation is 2. The van der Waals surface area contributed by atoms with Gasteiger partial charge < -0.3 is 10.6 Å². The van der Waals surface area contributed by atoms with Crippen LogP contribution in [0.15, 0.2) is 0 Å². The molecule has 1 aromatic rings. The van der Waals surface area contributed by atoms with E-state index in [0.29, 0.717) is 12.6 Å². The number of halogens is 2. The van der Waals surface area contributed by atoms with E-state index >= 15 is 0 Å². The second-order valence-electron chi connectivity index (χ2n) is 5.31. The molecule has 0 radical (unpaired) electrons. The Balaban J connectivity index is 0.00000200. The second-order valence-corrected chi connectivity index (χ2v) is 5.31. The molecule has 122 valence electrons. The monoisotopic (exact) mass is 337 g/mol. The largest absolute Gasteiger partial charge is 0.322 e. The lowest BCUT2D eigenvalue weighted by atomic mass is 10.2. The van der Waals surface area contributed by atoms with Crippen molar-refractivity contribution in [3.63, 3.8) is 0 Å². The minimum atomic E-state index is 0. The molecule has 1 atom stereocenters. The van der Waals surface area contributed by atoms with Crippen LogP contribution in [0.25, 0.3) is 0 Å². The molecule has 0 bridgehead atoms. The average molecular weight is 338 g/mol. The number of nitrogens with zero attached hydrogens (tertiary/aromatic N) is 3. The Hall–Kier alpha value is -0.820. The molecule has 0 aromatic carbocycles. The molecule has 6 nitrogen and oxygen atoms in total. The molecule has 0 saturated carbocycles. The van der Waals surface area contributed by atoms with E-state index in [1.807, 2.05) is 20.9 Å². The van der Waals surface area contributed by atoms with Gasteiger partial charge in [-0.15, -0.1) is 24.8 Å². The SMILES string of the molecule is Cc1nn(C)c(C)c1NC(=O)CN1CCNC(C)C1.Cl.Cl. The summed E-state index contributed by atoms with van der Waals surface area (Å²) in [5.74, 6) is 0.0355. The van der Waals surface area contributed by atoms with Gasteiger partial charge in [0, 0.05) is 32.7 Å². The lowest BCUT2D eigenvalue weighted by Crippen LogP contribution is -2.51. The Morgan fingerprint density at radius 3 is 2.62 bits per heavy atom. The number of anilines is 1. The number of rotatable bonds is 3. The minimum absolute atomic E-state index is 0. The highest BCUT2D eigenvalue weighted by molar-refractivity contribution is 5.93. The van der Waals surface area contributed by atoms with Gasteiger partial charge in [0.25, 0.3) is 0 Å². The van der Waals surface area contributed by atoms with Crippen LogP contribution in [0.5, 0.6) is 0 Å². The zero-order valence-corrected chi connectivity index (χ0v) is 14.6. The van der Waals surface area contributed by atoms with Gasteiger partial charge in [-0.25, -0.2) is 0 Å². The number of carbonyl (C=O) groups excluding carboxylic acids is 1. The maximum atomic E-state index is 12.1. The third-order valence-corrected chi connectivity index (χ3v) is 3.59. The predicted octanol–water partition coefficient (Wildman–Crippen LogP) is 1.11. The molecule has 1 saturated heterocycles. The maximum Gasteiger partial charge on any atom is 0.238 e. The fourth-order valence-corrected chi connectivity index (χ4v) is 2.49. The standard InChI is InChI=1S/C13H23N5O.2ClH/c1-9-7-18(6-5-14-9)8-12(19)15-13-10(2)16-17(4)11(13)3;;/h9,14H,5-8H2,1-4H3,(H,15,19);2*1H. The van der Waals surface area contributed by atoms with E-state index < -0.39 is 0 Å². The molecule has 2 rings (SSSR count). The van der Waals surface area contributed by atoms with Crippen LogP contribution in [0.1, 0.15) is 18.3 Å². The Kier molecular flexibility index (Phi) is 8.25. The predicted molar refractivity (Wildman–Crippen MR) is 89.7 cm³/mol. The van der Waals surface area contributed by atoms with Crippen molar-refractivity contribution in [1.82, 2.24) is 20.0 Å². The Labute approximate surface area is 138 Å². The van der Waals surface area contributed by atoms with Crippen molar-refractivity contribution in [3.05, 3.63) is 11.4 Å². The van der Waals surface area contributed by atoms with Crippen LogP contribution in [-0.4, -0.2) is 52.8 Å². The quantitative estimate of drug-likeness (QED) is 0.867. The van der Waals surface area contributed by atoms with Gasteiger partial charge in [-0.1, -0.05) is 0 Å². The van der Waals surface area contributed by atoms with Gasteiger partial charge in [-0.3, -0.25) is 14.4 Å². The topological polar surface area (TPSA) is 62.2 Å². The molecular formula is C13H25Cl2N5O. The van der Waals surface area contributed by atoms with Crippen molar-refractivity contribution < 1.29 is 4.79 Å². The molecule has 21 heavy (non-hydrogen) atoms. The van der Waals surface area contributed by atoms with Crippen LogP contribution in [0.2, 0.25) is 0 Å². The molecule has 2 N–H and O–H groups in total. The number of hydrogen-bond donors (Lipinski definition) is 2. The van der Waals surface area contributed by atoms with Gasteiger partial charge in [-0.2, -0.15) is 5.10 Å². The number of hydrogen-bond acceptors (Lipinski definition) is 4. The maximum absolute atomic E-state index is 12.1. The Bertz CT molecular complexity index is 477. The first kappa shape index (κ1) is 20.2. The van der Waals surface area contributed by atoms with Crippen LogP contribution in [0.3, 0.4) is 0 Å². The molecule has 1 unspecified atom stereocenters. The number of nitrogens with one attached hydrogen (secondary N) is 2. The van der Waals surface area contributed by atoms with Crippen molar-refractivity contribution in [1.29, 1.82) is 0 Å². The molecule has 8 heteroatoms. The van der Waals surface area contributed by atoms with Crippen LogP contribution in [0.4, 0.5) is 5.69 Å². The fourth-order valence-electron chi connectivity index (χ4n) is 2.49. The highest BCUT2D eigenvalue weighted by atomic mass is 35.5. The normalized spacial score (nSPS) is 18.6. The van der Waals surface area contributed by atoms with E-state index in [1.165, 1.54) is 0 Å². The number of amides is 1. The summed E-state index contributed by atoms with van der Waals surface area (Å²) in [6.45, 7) is 9.23. The first-order chi connectivity index (χ1) is 8.97. The van der Waals surface area contributed by atoms with E-state index in [9.17, 15) is 4.79 Å². The molecule has 1 aromatic heterocycles. The zero-order valence-electron chi connectivity index (χ0n) is 13.0. The van der Waals surface area contributed by atoms with Crippen LogP contribution >= 0.6 is 24.8 Å². The molecule has 1 aliphatic heterocycles. The Morgan fingerprint density at radius 1 is 1.43 bits per heavy atom. The van der Waals surface area contributed by atoms with E-state index in [0.717, 1.165) is 36.7 Å². The van der Waals surface area contributed by atoms with Crippen molar-refractivity contribution in [3.8, 4) is 0 Å². The molecule has 0 spiro atoms. The first-order valence-corrected chi connectivity index (χ1v) is 6.73. The Morgan fingerprint density at radius 2 is 2.10 bits per heavy atom. The summed E-state index contributed by atoms with van der Waals surface area (Å²) in [6.07, 6.45) is 0. The summed E-state index contributed by atoms with van der Waals surface area (Å²) in [5, 5.41) is 10.6. The minimum Gasteiger partial charge on any atom is -0.322 e. The van der Waals surface area contributed by atoms with E-state index in [-0.39, 0.29) is 30.7 Å². The van der Waals surface area contributed by atoms with Gasteiger partial charge in [0.1, 0.15) is 0 Å². The van der Waals surface area contributed by atoms with E-state index in [2.05, 4.69) is 27.6 Å². The lowest BCUT2D eigenvalue weighted by molar-refractivity contribution is -0.117. The van der Waals surface area contributed by atoms with Crippen LogP contribution in [0, 0.1) is 13.8 Å². The summed E-state index contributed by atoms with van der Waals surface area (Å²) in [7, 11) is 1.88. The van der Waals surface area contributed by atoms with Gasteiger partial charge in [0.05, 0.1) is 23.6 Å². The number of piperazine rings is 1. The van der Waals surface area contributed by atoms with Crippen molar-refractivity contribution in [2.45, 2.75) is 26.8 Å². The molecule has 1 fully saturated rings. The molecule has 1 aliphatic rings. The summed E-state index contributed by atoms with van der Waals surface area (Å²) in [6, 6.07) is 0.448. The van der Waals surface area contributed by atoms with Gasteiger partial charge in [-0.05, 0) is 20.8 Å². The van der Waals surface area contributed by atoms with Crippen molar-refractivity contribution in [2.24, 2.45) is 7.05 Å². The lowest BCUT2D eigenvalue weighted by Gasteiger charge is -2.31. The summed E-state index contributed by atoms with van der Waals surface area (Å²) >= 11 is 0. The molecule has 2 heterocycles. The third-order valence-electron chi connectivity index (χ3n) is 3.59. The molecule has 1 amide bonds.